The van der Waals surface area contributed by atoms with E-state index in [2.05, 4.69) is 32.3 Å². The molecule has 36 heavy (non-hydrogen) atoms. The maximum atomic E-state index is 13.8. The smallest absolute Gasteiger partial charge is 0.323 e. The molecule has 0 fully saturated rings. The molecule has 3 amide bonds. The predicted octanol–water partition coefficient (Wildman–Crippen LogP) is 5.01. The molecule has 1 aliphatic heterocycles. The van der Waals surface area contributed by atoms with E-state index >= 15 is 0 Å². The number of nitrogens with zero attached hydrogens (tertiary/aromatic N) is 6. The Hall–Kier alpha value is -4.70. The zero-order chi connectivity index (χ0) is 25.2. The Labute approximate surface area is 211 Å². The Kier molecular flexibility index (Phi) is 6.09. The van der Waals surface area contributed by atoms with E-state index in [1.807, 2.05) is 30.3 Å². The maximum Gasteiger partial charge on any atom is 0.335 e. The quantitative estimate of drug-likeness (QED) is 0.360. The maximum absolute atomic E-state index is 13.8. The summed E-state index contributed by atoms with van der Waals surface area (Å²) in [5.41, 5.74) is 3.19. The van der Waals surface area contributed by atoms with Gasteiger partial charge in [0.1, 0.15) is 0 Å². The van der Waals surface area contributed by atoms with Gasteiger partial charge in [-0.25, -0.2) is 14.7 Å². The number of amides is 3. The van der Waals surface area contributed by atoms with Crippen LogP contribution in [-0.4, -0.2) is 31.7 Å². The molecule has 0 aliphatic carbocycles. The SMILES string of the molecule is C=CC(=O)Nc1ccc(N2C(=O)N(c3ccccc3)Cc3cnc(Nc4cn(C)nc4Cl)nc32)cc1. The first-order valence-corrected chi connectivity index (χ1v) is 11.3. The van der Waals surface area contributed by atoms with Crippen LogP contribution in [0.4, 0.5) is 39.3 Å². The molecule has 0 spiro atoms. The lowest BCUT2D eigenvalue weighted by atomic mass is 10.1. The molecule has 2 aromatic heterocycles. The highest BCUT2D eigenvalue weighted by atomic mass is 35.5. The van der Waals surface area contributed by atoms with Crippen molar-refractivity contribution in [2.45, 2.75) is 6.54 Å². The lowest BCUT2D eigenvalue weighted by molar-refractivity contribution is -0.111. The van der Waals surface area contributed by atoms with Gasteiger partial charge < -0.3 is 10.6 Å². The largest absolute Gasteiger partial charge is 0.335 e. The molecule has 3 heterocycles. The zero-order valence-corrected chi connectivity index (χ0v) is 20.0. The number of urea groups is 1. The fraction of sp³-hybridized carbons (Fsp3) is 0.0800. The molecule has 0 atom stereocenters. The van der Waals surface area contributed by atoms with Crippen molar-refractivity contribution in [3.05, 3.63) is 90.4 Å². The summed E-state index contributed by atoms with van der Waals surface area (Å²) >= 11 is 6.18. The van der Waals surface area contributed by atoms with E-state index in [0.29, 0.717) is 29.4 Å². The number of benzene rings is 2. The van der Waals surface area contributed by atoms with Crippen LogP contribution in [0.3, 0.4) is 0 Å². The number of para-hydroxylation sites is 1. The molecule has 1 aliphatic rings. The number of hydrogen-bond donors (Lipinski definition) is 2. The second kappa shape index (κ2) is 9.51. The van der Waals surface area contributed by atoms with Crippen LogP contribution in [0.25, 0.3) is 0 Å². The first-order valence-electron chi connectivity index (χ1n) is 10.9. The van der Waals surface area contributed by atoms with E-state index in [-0.39, 0.29) is 23.0 Å². The number of aromatic nitrogens is 4. The molecule has 4 aromatic rings. The van der Waals surface area contributed by atoms with Gasteiger partial charge >= 0.3 is 6.03 Å². The average molecular weight is 501 g/mol. The Bertz CT molecular complexity index is 1450. The number of anilines is 6. The van der Waals surface area contributed by atoms with Crippen LogP contribution in [0.5, 0.6) is 0 Å². The highest BCUT2D eigenvalue weighted by molar-refractivity contribution is 6.32. The van der Waals surface area contributed by atoms with E-state index in [9.17, 15) is 9.59 Å². The van der Waals surface area contributed by atoms with Crippen LogP contribution in [0.1, 0.15) is 5.56 Å². The summed E-state index contributed by atoms with van der Waals surface area (Å²) in [6.45, 7) is 3.76. The highest BCUT2D eigenvalue weighted by Gasteiger charge is 2.34. The van der Waals surface area contributed by atoms with Crippen LogP contribution in [-0.2, 0) is 18.4 Å². The number of aryl methyl sites for hydroxylation is 1. The van der Waals surface area contributed by atoms with E-state index < -0.39 is 0 Å². The van der Waals surface area contributed by atoms with E-state index in [4.69, 9.17) is 11.6 Å². The van der Waals surface area contributed by atoms with Gasteiger partial charge in [0, 0.05) is 36.4 Å². The van der Waals surface area contributed by atoms with Crippen LogP contribution in [0, 0.1) is 0 Å². The first kappa shape index (κ1) is 23.1. The summed E-state index contributed by atoms with van der Waals surface area (Å²) in [4.78, 5) is 37.7. The number of fused-ring (bicyclic) bond motifs is 1. The normalized spacial score (nSPS) is 12.8. The second-order valence-corrected chi connectivity index (χ2v) is 8.31. The van der Waals surface area contributed by atoms with Gasteiger partial charge in [-0.15, -0.1) is 0 Å². The summed E-state index contributed by atoms with van der Waals surface area (Å²) in [5.74, 6) is 0.381. The lowest BCUT2D eigenvalue weighted by Crippen LogP contribution is -2.45. The molecule has 10 nitrogen and oxygen atoms in total. The number of halogens is 1. The fourth-order valence-corrected chi connectivity index (χ4v) is 4.02. The molecule has 0 saturated heterocycles. The van der Waals surface area contributed by atoms with Gasteiger partial charge in [0.25, 0.3) is 0 Å². The molecule has 2 N–H and O–H groups in total. The van der Waals surface area contributed by atoms with E-state index in [0.717, 1.165) is 11.3 Å². The minimum absolute atomic E-state index is 0.268. The van der Waals surface area contributed by atoms with Crippen LogP contribution < -0.4 is 20.4 Å². The minimum atomic E-state index is -0.324. The lowest BCUT2D eigenvalue weighted by Gasteiger charge is -2.36. The van der Waals surface area contributed by atoms with Crippen molar-refractivity contribution in [2.24, 2.45) is 7.05 Å². The number of nitrogens with one attached hydrogen (secondary N) is 2. The van der Waals surface area contributed by atoms with Gasteiger partial charge in [-0.1, -0.05) is 36.4 Å². The van der Waals surface area contributed by atoms with Gasteiger partial charge in [0.15, 0.2) is 11.0 Å². The van der Waals surface area contributed by atoms with Gasteiger partial charge in [0.05, 0.1) is 17.9 Å². The Morgan fingerprint density at radius 2 is 1.86 bits per heavy atom. The summed E-state index contributed by atoms with van der Waals surface area (Å²) in [6, 6.07) is 16.0. The monoisotopic (exact) mass is 500 g/mol. The molecule has 11 heteroatoms. The molecule has 180 valence electrons. The molecule has 0 radical (unpaired) electrons. The second-order valence-electron chi connectivity index (χ2n) is 7.95. The molecular formula is C25H21ClN8O2. The topological polar surface area (TPSA) is 108 Å². The molecule has 0 unspecified atom stereocenters. The number of carbonyl (C=O) groups excluding carboxylic acids is 2. The van der Waals surface area contributed by atoms with Gasteiger partial charge in [0.2, 0.25) is 11.9 Å². The Morgan fingerprint density at radius 3 is 2.53 bits per heavy atom. The van der Waals surface area contributed by atoms with Gasteiger partial charge in [-0.3, -0.25) is 14.4 Å². The van der Waals surface area contributed by atoms with Crippen LogP contribution in [0.15, 0.2) is 79.6 Å². The Balaban J connectivity index is 1.55. The third-order valence-corrected chi connectivity index (χ3v) is 5.76. The molecule has 0 saturated carbocycles. The van der Waals surface area contributed by atoms with Crippen molar-refractivity contribution in [2.75, 3.05) is 20.4 Å². The van der Waals surface area contributed by atoms with Crippen molar-refractivity contribution in [1.29, 1.82) is 0 Å². The standard InChI is InChI=1S/C25H21ClN8O2/c1-3-21(35)28-17-9-11-19(12-10-17)34-23-16(14-33(25(34)36)18-7-5-4-6-8-18)13-27-24(30-23)29-20-15-32(2)31-22(20)26/h3-13,15H,1,14H2,2H3,(H,28,35)(H,27,29,30). The summed E-state index contributed by atoms with van der Waals surface area (Å²) in [7, 11) is 1.75. The van der Waals surface area contributed by atoms with Crippen LogP contribution >= 0.6 is 11.6 Å². The number of carbonyl (C=O) groups is 2. The van der Waals surface area contributed by atoms with E-state index in [1.165, 1.54) is 11.0 Å². The highest BCUT2D eigenvalue weighted by Crippen LogP contribution is 2.36. The van der Waals surface area contributed by atoms with Gasteiger partial charge in [-0.2, -0.15) is 10.1 Å². The third-order valence-electron chi connectivity index (χ3n) is 5.48. The van der Waals surface area contributed by atoms with Gasteiger partial charge in [-0.05, 0) is 42.5 Å². The molecule has 0 bridgehead atoms. The summed E-state index contributed by atoms with van der Waals surface area (Å²) in [5, 5.41) is 10.1. The molecule has 2 aromatic carbocycles. The Morgan fingerprint density at radius 1 is 1.11 bits per heavy atom. The van der Waals surface area contributed by atoms with Crippen molar-refractivity contribution in [3.63, 3.8) is 0 Å². The first-order chi connectivity index (χ1) is 17.4. The summed E-state index contributed by atoms with van der Waals surface area (Å²) in [6.07, 6.45) is 4.58. The molecular weight excluding hydrogens is 480 g/mol. The zero-order valence-electron chi connectivity index (χ0n) is 19.2. The number of rotatable bonds is 6. The summed E-state index contributed by atoms with van der Waals surface area (Å²) < 4.78 is 1.57. The average Bonchev–Trinajstić information content (AvgIpc) is 3.21. The predicted molar refractivity (Wildman–Crippen MR) is 139 cm³/mol. The van der Waals surface area contributed by atoms with Crippen LogP contribution in [0.2, 0.25) is 5.15 Å². The third kappa shape index (κ3) is 4.49. The van der Waals surface area contributed by atoms with Crippen molar-refractivity contribution in [3.8, 4) is 0 Å². The van der Waals surface area contributed by atoms with Crippen molar-refractivity contribution in [1.82, 2.24) is 19.7 Å². The van der Waals surface area contributed by atoms with Crippen molar-refractivity contribution < 1.29 is 9.59 Å². The minimum Gasteiger partial charge on any atom is -0.323 e. The molecule has 5 rings (SSSR count). The fourth-order valence-electron chi connectivity index (χ4n) is 3.81. The van der Waals surface area contributed by atoms with E-state index in [1.54, 1.807) is 53.3 Å². The number of hydrogen-bond acceptors (Lipinski definition) is 6. The van der Waals surface area contributed by atoms with Crippen molar-refractivity contribution >= 4 is 58.1 Å².